The minimum absolute atomic E-state index is 0.288. The molecule has 1 nitrogen and oxygen atoms in total. The first-order valence-corrected chi connectivity index (χ1v) is 6.32. The molecule has 1 aromatic rings. The van der Waals surface area contributed by atoms with Gasteiger partial charge < -0.3 is 5.11 Å². The average molecular weight is 226 g/mol. The van der Waals surface area contributed by atoms with Gasteiger partial charge in [0.1, 0.15) is 0 Å². The number of thiophene rings is 1. The summed E-state index contributed by atoms with van der Waals surface area (Å²) >= 11 is 1.70. The number of aliphatic hydroxyl groups is 1. The topological polar surface area (TPSA) is 20.2 Å². The molecule has 15 heavy (non-hydrogen) atoms. The average Bonchev–Trinajstić information content (AvgIpc) is 2.48. The van der Waals surface area contributed by atoms with E-state index in [0.29, 0.717) is 0 Å². The second-order valence-corrected chi connectivity index (χ2v) is 7.03. The quantitative estimate of drug-likeness (QED) is 0.823. The van der Waals surface area contributed by atoms with Gasteiger partial charge in [0.05, 0.1) is 5.60 Å². The standard InChI is InChI=1S/C13H22OS/c1-10-6-7-11(15-10)13(5,14)9-8-12(2,3)4/h6-7,14H,8-9H2,1-5H3. The van der Waals surface area contributed by atoms with Gasteiger partial charge in [-0.25, -0.2) is 0 Å². The van der Waals surface area contributed by atoms with Gasteiger partial charge in [0.2, 0.25) is 0 Å². The normalized spacial score (nSPS) is 16.4. The summed E-state index contributed by atoms with van der Waals surface area (Å²) < 4.78 is 0. The summed E-state index contributed by atoms with van der Waals surface area (Å²) in [5.41, 5.74) is -0.373. The Balaban J connectivity index is 2.67. The highest BCUT2D eigenvalue weighted by atomic mass is 32.1. The summed E-state index contributed by atoms with van der Waals surface area (Å²) in [5, 5.41) is 10.4. The van der Waals surface area contributed by atoms with Crippen LogP contribution in [0.15, 0.2) is 12.1 Å². The summed E-state index contributed by atoms with van der Waals surface area (Å²) in [5.74, 6) is 0. The predicted octanol–water partition coefficient (Wildman–Crippen LogP) is 4.09. The van der Waals surface area contributed by atoms with Crippen LogP contribution < -0.4 is 0 Å². The molecule has 86 valence electrons. The van der Waals surface area contributed by atoms with E-state index in [0.717, 1.165) is 17.7 Å². The van der Waals surface area contributed by atoms with Crippen molar-refractivity contribution in [2.24, 2.45) is 5.41 Å². The van der Waals surface area contributed by atoms with Crippen LogP contribution in [0.4, 0.5) is 0 Å². The van der Waals surface area contributed by atoms with Crippen molar-refractivity contribution in [3.63, 3.8) is 0 Å². The second kappa shape index (κ2) is 4.26. The molecule has 0 amide bonds. The maximum atomic E-state index is 10.4. The molecule has 0 aliphatic rings. The Morgan fingerprint density at radius 1 is 1.13 bits per heavy atom. The van der Waals surface area contributed by atoms with Crippen LogP contribution in [0, 0.1) is 12.3 Å². The fourth-order valence-corrected chi connectivity index (χ4v) is 2.41. The van der Waals surface area contributed by atoms with Crippen molar-refractivity contribution in [2.45, 2.75) is 53.1 Å². The van der Waals surface area contributed by atoms with Crippen molar-refractivity contribution in [3.05, 3.63) is 21.9 Å². The Kier molecular flexibility index (Phi) is 3.62. The summed E-state index contributed by atoms with van der Waals surface area (Å²) in [6, 6.07) is 4.12. The molecule has 1 heterocycles. The van der Waals surface area contributed by atoms with E-state index in [1.807, 2.05) is 13.0 Å². The van der Waals surface area contributed by atoms with Gasteiger partial charge in [-0.3, -0.25) is 0 Å². The lowest BCUT2D eigenvalue weighted by Crippen LogP contribution is -2.22. The summed E-state index contributed by atoms with van der Waals surface area (Å²) in [4.78, 5) is 2.35. The fraction of sp³-hybridized carbons (Fsp3) is 0.692. The van der Waals surface area contributed by atoms with Gasteiger partial charge in [0, 0.05) is 9.75 Å². The van der Waals surface area contributed by atoms with E-state index in [-0.39, 0.29) is 5.41 Å². The monoisotopic (exact) mass is 226 g/mol. The molecule has 1 aromatic heterocycles. The van der Waals surface area contributed by atoms with Crippen molar-refractivity contribution in [1.82, 2.24) is 0 Å². The smallest absolute Gasteiger partial charge is 0.0960 e. The summed E-state index contributed by atoms with van der Waals surface area (Å²) in [6.45, 7) is 10.6. The first-order valence-electron chi connectivity index (χ1n) is 5.50. The molecule has 0 bridgehead atoms. The van der Waals surface area contributed by atoms with Crippen molar-refractivity contribution >= 4 is 11.3 Å². The Hall–Kier alpha value is -0.340. The number of hydrogen-bond donors (Lipinski definition) is 1. The zero-order valence-corrected chi connectivity index (χ0v) is 11.2. The molecule has 0 radical (unpaired) electrons. The number of hydrogen-bond acceptors (Lipinski definition) is 2. The molecular weight excluding hydrogens is 204 g/mol. The molecule has 1 atom stereocenters. The highest BCUT2D eigenvalue weighted by Gasteiger charge is 2.26. The van der Waals surface area contributed by atoms with Crippen LogP contribution in [-0.4, -0.2) is 5.11 Å². The lowest BCUT2D eigenvalue weighted by atomic mass is 9.85. The Labute approximate surface area is 97.2 Å². The molecule has 2 heteroatoms. The highest BCUT2D eigenvalue weighted by molar-refractivity contribution is 7.12. The molecule has 0 aliphatic carbocycles. The Morgan fingerprint density at radius 2 is 1.73 bits per heavy atom. The van der Waals surface area contributed by atoms with Crippen LogP contribution in [0.3, 0.4) is 0 Å². The van der Waals surface area contributed by atoms with E-state index in [1.165, 1.54) is 4.88 Å². The van der Waals surface area contributed by atoms with E-state index in [4.69, 9.17) is 0 Å². The zero-order valence-electron chi connectivity index (χ0n) is 10.4. The van der Waals surface area contributed by atoms with Crippen LogP contribution in [0.2, 0.25) is 0 Å². The lowest BCUT2D eigenvalue weighted by Gasteiger charge is -2.26. The summed E-state index contributed by atoms with van der Waals surface area (Å²) in [7, 11) is 0. The van der Waals surface area contributed by atoms with Gasteiger partial charge in [-0.15, -0.1) is 11.3 Å². The molecular formula is C13H22OS. The second-order valence-electron chi connectivity index (χ2n) is 5.74. The zero-order chi connectivity index (χ0) is 11.7. The molecule has 1 N–H and O–H groups in total. The third-order valence-corrected chi connectivity index (χ3v) is 3.89. The minimum Gasteiger partial charge on any atom is -0.385 e. The molecule has 0 saturated heterocycles. The van der Waals surface area contributed by atoms with Gasteiger partial charge in [-0.05, 0) is 44.2 Å². The summed E-state index contributed by atoms with van der Waals surface area (Å²) in [6.07, 6.45) is 1.87. The fourth-order valence-electron chi connectivity index (χ4n) is 1.47. The lowest BCUT2D eigenvalue weighted by molar-refractivity contribution is 0.0394. The van der Waals surface area contributed by atoms with Crippen molar-refractivity contribution in [3.8, 4) is 0 Å². The maximum absolute atomic E-state index is 10.4. The van der Waals surface area contributed by atoms with Crippen molar-refractivity contribution < 1.29 is 5.11 Å². The molecule has 0 saturated carbocycles. The van der Waals surface area contributed by atoms with E-state index in [1.54, 1.807) is 11.3 Å². The Bertz CT molecular complexity index is 318. The van der Waals surface area contributed by atoms with Crippen LogP contribution in [0.25, 0.3) is 0 Å². The van der Waals surface area contributed by atoms with Gasteiger partial charge in [-0.1, -0.05) is 20.8 Å². The van der Waals surface area contributed by atoms with Crippen molar-refractivity contribution in [1.29, 1.82) is 0 Å². The van der Waals surface area contributed by atoms with Crippen LogP contribution in [-0.2, 0) is 5.60 Å². The maximum Gasteiger partial charge on any atom is 0.0960 e. The largest absolute Gasteiger partial charge is 0.385 e. The third-order valence-electron chi connectivity index (χ3n) is 2.63. The van der Waals surface area contributed by atoms with Gasteiger partial charge in [0.25, 0.3) is 0 Å². The molecule has 0 spiro atoms. The predicted molar refractivity (Wildman–Crippen MR) is 67.3 cm³/mol. The minimum atomic E-state index is -0.661. The van der Waals surface area contributed by atoms with Crippen LogP contribution in [0.5, 0.6) is 0 Å². The molecule has 1 rings (SSSR count). The van der Waals surface area contributed by atoms with E-state index < -0.39 is 5.60 Å². The first-order chi connectivity index (χ1) is 6.71. The Morgan fingerprint density at radius 3 is 2.13 bits per heavy atom. The van der Waals surface area contributed by atoms with Crippen LogP contribution >= 0.6 is 11.3 Å². The number of rotatable bonds is 3. The van der Waals surface area contributed by atoms with Crippen LogP contribution in [0.1, 0.15) is 50.3 Å². The molecule has 0 aromatic carbocycles. The molecule has 0 fully saturated rings. The highest BCUT2D eigenvalue weighted by Crippen LogP contribution is 2.35. The van der Waals surface area contributed by atoms with Gasteiger partial charge in [-0.2, -0.15) is 0 Å². The van der Waals surface area contributed by atoms with Gasteiger partial charge in [0.15, 0.2) is 0 Å². The first kappa shape index (κ1) is 12.7. The number of aryl methyl sites for hydroxylation is 1. The van der Waals surface area contributed by atoms with Crippen molar-refractivity contribution in [2.75, 3.05) is 0 Å². The van der Waals surface area contributed by atoms with E-state index in [2.05, 4.69) is 33.8 Å². The van der Waals surface area contributed by atoms with E-state index in [9.17, 15) is 5.11 Å². The van der Waals surface area contributed by atoms with Gasteiger partial charge >= 0.3 is 0 Å². The molecule has 1 unspecified atom stereocenters. The molecule has 0 aliphatic heterocycles. The SMILES string of the molecule is Cc1ccc(C(C)(O)CCC(C)(C)C)s1. The third kappa shape index (κ3) is 3.96. The van der Waals surface area contributed by atoms with E-state index >= 15 is 0 Å².